The molecule has 29 heavy (non-hydrogen) atoms. The van der Waals surface area contributed by atoms with Gasteiger partial charge in [0.15, 0.2) is 5.58 Å². The van der Waals surface area contributed by atoms with Gasteiger partial charge in [-0.1, -0.05) is 46.3 Å². The number of fused-ring (bicyclic) bond motifs is 2. The smallest absolute Gasteiger partial charge is 0.349 e. The van der Waals surface area contributed by atoms with E-state index in [9.17, 15) is 14.7 Å². The van der Waals surface area contributed by atoms with Crippen LogP contribution in [0.5, 0.6) is 5.75 Å². The van der Waals surface area contributed by atoms with Crippen molar-refractivity contribution >= 4 is 65.7 Å². The van der Waals surface area contributed by atoms with Gasteiger partial charge in [0.25, 0.3) is 5.91 Å². The molecule has 3 aromatic carbocycles. The zero-order chi connectivity index (χ0) is 20.5. The van der Waals surface area contributed by atoms with E-state index in [1.807, 2.05) is 24.3 Å². The van der Waals surface area contributed by atoms with Gasteiger partial charge in [0.1, 0.15) is 11.3 Å². The summed E-state index contributed by atoms with van der Waals surface area (Å²) in [4.78, 5) is 24.7. The summed E-state index contributed by atoms with van der Waals surface area (Å²) in [5.41, 5.74) is 2.16. The molecule has 0 saturated carbocycles. The summed E-state index contributed by atoms with van der Waals surface area (Å²) in [6, 6.07) is 15.7. The van der Waals surface area contributed by atoms with Crippen LogP contribution in [-0.4, -0.2) is 17.2 Å². The lowest BCUT2D eigenvalue weighted by Gasteiger charge is -2.05. The molecule has 0 unspecified atom stereocenters. The van der Waals surface area contributed by atoms with Gasteiger partial charge < -0.3 is 9.52 Å². The lowest BCUT2D eigenvalue weighted by molar-refractivity contribution is 0.0951. The molecule has 0 bridgehead atoms. The Balaban J connectivity index is 1.65. The van der Waals surface area contributed by atoms with Gasteiger partial charge >= 0.3 is 5.63 Å². The molecule has 1 heterocycles. The summed E-state index contributed by atoms with van der Waals surface area (Å²) in [6.45, 7) is 0. The summed E-state index contributed by atoms with van der Waals surface area (Å²) in [6.07, 6.45) is 1.34. The van der Waals surface area contributed by atoms with Crippen LogP contribution in [0, 0.1) is 0 Å². The zero-order valence-corrected chi connectivity index (χ0v) is 17.8. The van der Waals surface area contributed by atoms with Crippen LogP contribution in [0.4, 0.5) is 0 Å². The van der Waals surface area contributed by atoms with Gasteiger partial charge in [-0.15, -0.1) is 0 Å². The number of hydrogen-bond acceptors (Lipinski definition) is 5. The van der Waals surface area contributed by atoms with E-state index < -0.39 is 11.5 Å². The van der Waals surface area contributed by atoms with Crippen LogP contribution in [-0.2, 0) is 0 Å². The molecule has 0 fully saturated rings. The second-order valence-electron chi connectivity index (χ2n) is 6.17. The molecular formula is C21H12Br2N2O4. The molecule has 0 saturated heterocycles. The van der Waals surface area contributed by atoms with E-state index in [4.69, 9.17) is 4.42 Å². The monoisotopic (exact) mass is 514 g/mol. The molecule has 6 nitrogen and oxygen atoms in total. The number of nitrogens with one attached hydrogen (secondary N) is 1. The number of phenolic OH excluding ortho intramolecular Hbond substituents is 1. The Morgan fingerprint density at radius 1 is 1.07 bits per heavy atom. The number of amides is 1. The summed E-state index contributed by atoms with van der Waals surface area (Å²) < 4.78 is 6.62. The molecule has 0 aliphatic heterocycles. The average Bonchev–Trinajstić information content (AvgIpc) is 2.69. The highest BCUT2D eigenvalue weighted by Crippen LogP contribution is 2.28. The number of hydrazone groups is 1. The topological polar surface area (TPSA) is 91.9 Å². The third-order valence-electron chi connectivity index (χ3n) is 4.30. The van der Waals surface area contributed by atoms with E-state index in [0.29, 0.717) is 21.0 Å². The number of nitrogens with zero attached hydrogens (tertiary/aromatic N) is 1. The highest BCUT2D eigenvalue weighted by molar-refractivity contribution is 9.11. The van der Waals surface area contributed by atoms with Crippen molar-refractivity contribution in [1.82, 2.24) is 5.43 Å². The van der Waals surface area contributed by atoms with Gasteiger partial charge in [-0.2, -0.15) is 5.10 Å². The molecule has 2 N–H and O–H groups in total. The summed E-state index contributed by atoms with van der Waals surface area (Å²) in [5.74, 6) is -0.686. The van der Waals surface area contributed by atoms with Gasteiger partial charge in [0.2, 0.25) is 0 Å². The van der Waals surface area contributed by atoms with Crippen molar-refractivity contribution in [2.24, 2.45) is 5.10 Å². The van der Waals surface area contributed by atoms with Crippen molar-refractivity contribution in [2.75, 3.05) is 0 Å². The van der Waals surface area contributed by atoms with Crippen LogP contribution >= 0.6 is 31.9 Å². The minimum Gasteiger partial charge on any atom is -0.507 e. The number of rotatable bonds is 3. The Bertz CT molecular complexity index is 1360. The molecule has 0 aliphatic rings. The maximum atomic E-state index is 12.4. The van der Waals surface area contributed by atoms with Crippen LogP contribution in [0.3, 0.4) is 0 Å². The van der Waals surface area contributed by atoms with Crippen LogP contribution in [0.1, 0.15) is 15.9 Å². The van der Waals surface area contributed by atoms with E-state index in [2.05, 4.69) is 42.4 Å². The van der Waals surface area contributed by atoms with Crippen molar-refractivity contribution < 1.29 is 14.3 Å². The molecule has 144 valence electrons. The van der Waals surface area contributed by atoms with Crippen LogP contribution in [0.15, 0.2) is 77.9 Å². The lowest BCUT2D eigenvalue weighted by Crippen LogP contribution is -2.24. The van der Waals surface area contributed by atoms with Crippen molar-refractivity contribution in [3.8, 4) is 5.75 Å². The van der Waals surface area contributed by atoms with E-state index in [1.54, 1.807) is 24.3 Å². The standard InChI is InChI=1S/C21H12Br2N2O4/c22-13-7-12-8-15(21(28)29-19(12)17(23)9-13)20(27)25-24-10-16-14-4-2-1-3-11(14)5-6-18(16)26/h1-10,26H,(H,25,27)/b24-10+. The van der Waals surface area contributed by atoms with Gasteiger partial charge in [-0.25, -0.2) is 10.2 Å². The van der Waals surface area contributed by atoms with Crippen molar-refractivity contribution in [2.45, 2.75) is 0 Å². The number of carbonyl (C=O) groups is 1. The summed E-state index contributed by atoms with van der Waals surface area (Å²) in [7, 11) is 0. The van der Waals surface area contributed by atoms with Crippen molar-refractivity contribution in [1.29, 1.82) is 0 Å². The normalized spacial score (nSPS) is 11.4. The fourth-order valence-corrected chi connectivity index (χ4v) is 4.29. The third kappa shape index (κ3) is 3.81. The number of hydrogen-bond donors (Lipinski definition) is 2. The SMILES string of the molecule is O=C(N/N=C/c1c(O)ccc2ccccc12)c1cc2cc(Br)cc(Br)c2oc1=O. The Kier molecular flexibility index (Phi) is 5.21. The molecule has 4 rings (SSSR count). The largest absolute Gasteiger partial charge is 0.507 e. The number of carbonyl (C=O) groups excluding carboxylic acids is 1. The van der Waals surface area contributed by atoms with Gasteiger partial charge in [-0.3, -0.25) is 4.79 Å². The van der Waals surface area contributed by atoms with Crippen LogP contribution in [0.2, 0.25) is 0 Å². The molecule has 1 amide bonds. The predicted molar refractivity (Wildman–Crippen MR) is 119 cm³/mol. The highest BCUT2D eigenvalue weighted by Gasteiger charge is 2.15. The number of aromatic hydroxyl groups is 1. The van der Waals surface area contributed by atoms with Crippen molar-refractivity contribution in [3.63, 3.8) is 0 Å². The van der Waals surface area contributed by atoms with Gasteiger partial charge in [0.05, 0.1) is 10.7 Å². The van der Waals surface area contributed by atoms with E-state index in [1.165, 1.54) is 12.3 Å². The van der Waals surface area contributed by atoms with E-state index >= 15 is 0 Å². The van der Waals surface area contributed by atoms with Crippen molar-refractivity contribution in [3.05, 3.63) is 85.1 Å². The van der Waals surface area contributed by atoms with Crippen LogP contribution < -0.4 is 11.1 Å². The Morgan fingerprint density at radius 2 is 1.86 bits per heavy atom. The maximum Gasteiger partial charge on any atom is 0.349 e. The summed E-state index contributed by atoms with van der Waals surface area (Å²) >= 11 is 6.69. The maximum absolute atomic E-state index is 12.4. The van der Waals surface area contributed by atoms with Gasteiger partial charge in [0, 0.05) is 15.4 Å². The minimum atomic E-state index is -0.777. The Hall–Kier alpha value is -2.97. The highest BCUT2D eigenvalue weighted by atomic mass is 79.9. The lowest BCUT2D eigenvalue weighted by atomic mass is 10.0. The molecular weight excluding hydrogens is 504 g/mol. The van der Waals surface area contributed by atoms with E-state index in [-0.39, 0.29) is 11.3 Å². The number of phenols is 1. The second kappa shape index (κ2) is 7.81. The quantitative estimate of drug-likeness (QED) is 0.229. The Labute approximate surface area is 181 Å². The molecule has 8 heteroatoms. The fraction of sp³-hybridized carbons (Fsp3) is 0. The number of benzene rings is 3. The average molecular weight is 516 g/mol. The summed E-state index contributed by atoms with van der Waals surface area (Å²) in [5, 5.41) is 16.3. The second-order valence-corrected chi connectivity index (χ2v) is 7.94. The Morgan fingerprint density at radius 3 is 2.69 bits per heavy atom. The predicted octanol–water partition coefficient (Wildman–Crippen LogP) is 4.94. The fourth-order valence-electron chi connectivity index (χ4n) is 2.95. The molecule has 0 spiro atoms. The number of halogens is 2. The molecule has 0 aliphatic carbocycles. The zero-order valence-electron chi connectivity index (χ0n) is 14.6. The third-order valence-corrected chi connectivity index (χ3v) is 5.35. The molecule has 0 radical (unpaired) electrons. The van der Waals surface area contributed by atoms with Gasteiger partial charge in [-0.05, 0) is 51.0 Å². The first-order valence-electron chi connectivity index (χ1n) is 8.41. The molecule has 0 atom stereocenters. The van der Waals surface area contributed by atoms with Crippen LogP contribution in [0.25, 0.3) is 21.7 Å². The molecule has 4 aromatic rings. The molecule has 1 aromatic heterocycles. The first-order valence-corrected chi connectivity index (χ1v) is 9.99. The minimum absolute atomic E-state index is 0.0293. The first-order chi connectivity index (χ1) is 13.9. The van der Waals surface area contributed by atoms with E-state index in [0.717, 1.165) is 15.2 Å². The first kappa shape index (κ1) is 19.4.